The molecule has 0 unspecified atom stereocenters. The van der Waals surface area contributed by atoms with E-state index in [1.807, 2.05) is 12.1 Å². The zero-order valence-corrected chi connectivity index (χ0v) is 12.4. The standard InChI is InChI=1S/C13H15BrClNO/c1-13(2,3)11-8-4-7(14)5-9(15)12(8)17-10(11)6-16/h4-5H,6,16H2,1-3H3. The van der Waals surface area contributed by atoms with Crippen LogP contribution >= 0.6 is 27.5 Å². The first-order valence-corrected chi connectivity index (χ1v) is 6.62. The van der Waals surface area contributed by atoms with E-state index in [0.29, 0.717) is 11.6 Å². The van der Waals surface area contributed by atoms with E-state index in [0.717, 1.165) is 26.8 Å². The van der Waals surface area contributed by atoms with Gasteiger partial charge in [-0.1, -0.05) is 48.3 Å². The maximum absolute atomic E-state index is 6.19. The van der Waals surface area contributed by atoms with Crippen molar-refractivity contribution in [3.8, 4) is 0 Å². The van der Waals surface area contributed by atoms with Gasteiger partial charge >= 0.3 is 0 Å². The molecule has 0 aliphatic heterocycles. The van der Waals surface area contributed by atoms with Crippen molar-refractivity contribution in [2.45, 2.75) is 32.7 Å². The van der Waals surface area contributed by atoms with E-state index < -0.39 is 0 Å². The number of nitrogens with two attached hydrogens (primary N) is 1. The first-order chi connectivity index (χ1) is 7.84. The zero-order valence-electron chi connectivity index (χ0n) is 10.1. The van der Waals surface area contributed by atoms with Gasteiger partial charge in [-0.15, -0.1) is 0 Å². The molecule has 0 radical (unpaired) electrons. The first kappa shape index (κ1) is 12.9. The second-order valence-corrected chi connectivity index (χ2v) is 6.44. The number of rotatable bonds is 1. The second-order valence-electron chi connectivity index (χ2n) is 5.12. The lowest BCUT2D eigenvalue weighted by atomic mass is 9.85. The number of hydrogen-bond acceptors (Lipinski definition) is 2. The van der Waals surface area contributed by atoms with E-state index >= 15 is 0 Å². The minimum absolute atomic E-state index is 0.0237. The Bertz CT molecular complexity index is 569. The fourth-order valence-corrected chi connectivity index (χ4v) is 2.99. The van der Waals surface area contributed by atoms with Crippen LogP contribution in [0.15, 0.2) is 21.0 Å². The van der Waals surface area contributed by atoms with Gasteiger partial charge in [-0.25, -0.2) is 0 Å². The van der Waals surface area contributed by atoms with Gasteiger partial charge < -0.3 is 10.2 Å². The summed E-state index contributed by atoms with van der Waals surface area (Å²) in [4.78, 5) is 0. The summed E-state index contributed by atoms with van der Waals surface area (Å²) in [6.07, 6.45) is 0. The highest BCUT2D eigenvalue weighted by Crippen LogP contribution is 2.39. The van der Waals surface area contributed by atoms with Crippen molar-refractivity contribution in [2.24, 2.45) is 5.73 Å². The highest BCUT2D eigenvalue weighted by Gasteiger charge is 2.25. The van der Waals surface area contributed by atoms with Crippen LogP contribution in [0.25, 0.3) is 11.0 Å². The van der Waals surface area contributed by atoms with Gasteiger partial charge in [0.05, 0.1) is 11.6 Å². The Morgan fingerprint density at radius 3 is 2.53 bits per heavy atom. The van der Waals surface area contributed by atoms with Crippen LogP contribution < -0.4 is 5.73 Å². The molecule has 4 heteroatoms. The van der Waals surface area contributed by atoms with E-state index in [4.69, 9.17) is 21.8 Å². The monoisotopic (exact) mass is 315 g/mol. The lowest BCUT2D eigenvalue weighted by Crippen LogP contribution is -2.14. The van der Waals surface area contributed by atoms with E-state index in [1.165, 1.54) is 0 Å². The molecule has 0 saturated heterocycles. The Kier molecular flexibility index (Phi) is 3.27. The molecule has 1 aromatic heterocycles. The molecule has 1 heterocycles. The molecule has 0 atom stereocenters. The lowest BCUT2D eigenvalue weighted by Gasteiger charge is -2.18. The van der Waals surface area contributed by atoms with Crippen molar-refractivity contribution in [2.75, 3.05) is 0 Å². The molecule has 92 valence electrons. The summed E-state index contributed by atoms with van der Waals surface area (Å²) in [7, 11) is 0. The largest absolute Gasteiger partial charge is 0.458 e. The Morgan fingerprint density at radius 2 is 2.00 bits per heavy atom. The van der Waals surface area contributed by atoms with Gasteiger partial charge in [-0.2, -0.15) is 0 Å². The van der Waals surface area contributed by atoms with Gasteiger partial charge in [0.15, 0.2) is 5.58 Å². The van der Waals surface area contributed by atoms with Crippen molar-refractivity contribution in [1.29, 1.82) is 0 Å². The molecule has 0 saturated carbocycles. The van der Waals surface area contributed by atoms with Gasteiger partial charge in [-0.3, -0.25) is 0 Å². The van der Waals surface area contributed by atoms with Gasteiger partial charge in [0.25, 0.3) is 0 Å². The normalized spacial score (nSPS) is 12.4. The van der Waals surface area contributed by atoms with Crippen LogP contribution in [0.2, 0.25) is 5.02 Å². The fourth-order valence-electron chi connectivity index (χ4n) is 2.14. The molecule has 0 amide bonds. The van der Waals surface area contributed by atoms with Crippen LogP contribution in [0.1, 0.15) is 32.1 Å². The van der Waals surface area contributed by atoms with Crippen molar-refractivity contribution < 1.29 is 4.42 Å². The van der Waals surface area contributed by atoms with Crippen LogP contribution in [-0.4, -0.2) is 0 Å². The molecule has 0 fully saturated rings. The quantitative estimate of drug-likeness (QED) is 0.834. The summed E-state index contributed by atoms with van der Waals surface area (Å²) in [5.41, 5.74) is 7.59. The van der Waals surface area contributed by atoms with Gasteiger partial charge in [0, 0.05) is 15.4 Å². The third kappa shape index (κ3) is 2.24. The van der Waals surface area contributed by atoms with Crippen LogP contribution in [0.3, 0.4) is 0 Å². The van der Waals surface area contributed by atoms with Gasteiger partial charge in [0.2, 0.25) is 0 Å². The average Bonchev–Trinajstić information content (AvgIpc) is 2.55. The van der Waals surface area contributed by atoms with E-state index in [-0.39, 0.29) is 5.41 Å². The Hall–Kier alpha value is -0.510. The minimum Gasteiger partial charge on any atom is -0.458 e. The summed E-state index contributed by atoms with van der Waals surface area (Å²) in [6, 6.07) is 3.87. The minimum atomic E-state index is -0.0237. The molecular formula is C13H15BrClNO. The summed E-state index contributed by atoms with van der Waals surface area (Å²) >= 11 is 9.65. The molecule has 0 aliphatic rings. The molecule has 2 nitrogen and oxygen atoms in total. The van der Waals surface area contributed by atoms with Crippen LogP contribution in [-0.2, 0) is 12.0 Å². The third-order valence-corrected chi connectivity index (χ3v) is 3.46. The molecule has 0 aliphatic carbocycles. The molecule has 17 heavy (non-hydrogen) atoms. The Balaban J connectivity index is 2.88. The maximum Gasteiger partial charge on any atom is 0.153 e. The summed E-state index contributed by atoms with van der Waals surface area (Å²) in [5, 5.41) is 1.65. The Morgan fingerprint density at radius 1 is 1.35 bits per heavy atom. The lowest BCUT2D eigenvalue weighted by molar-refractivity contribution is 0.511. The molecule has 0 spiro atoms. The molecule has 2 aromatic rings. The van der Waals surface area contributed by atoms with Crippen LogP contribution in [0.4, 0.5) is 0 Å². The molecule has 1 aromatic carbocycles. The predicted molar refractivity (Wildman–Crippen MR) is 75.5 cm³/mol. The van der Waals surface area contributed by atoms with Gasteiger partial charge in [0.1, 0.15) is 5.76 Å². The molecule has 2 N–H and O–H groups in total. The second kappa shape index (κ2) is 4.30. The van der Waals surface area contributed by atoms with Gasteiger partial charge in [-0.05, 0) is 17.5 Å². The van der Waals surface area contributed by atoms with E-state index in [1.54, 1.807) is 0 Å². The first-order valence-electron chi connectivity index (χ1n) is 5.45. The van der Waals surface area contributed by atoms with Crippen molar-refractivity contribution in [1.82, 2.24) is 0 Å². The van der Waals surface area contributed by atoms with Crippen molar-refractivity contribution in [3.63, 3.8) is 0 Å². The predicted octanol–water partition coefficient (Wildman–Crippen LogP) is 4.60. The number of halogens is 2. The summed E-state index contributed by atoms with van der Waals surface area (Å²) in [5.74, 6) is 0.813. The fraction of sp³-hybridized carbons (Fsp3) is 0.385. The third-order valence-electron chi connectivity index (χ3n) is 2.72. The summed E-state index contributed by atoms with van der Waals surface area (Å²) in [6.45, 7) is 6.82. The SMILES string of the molecule is CC(C)(C)c1c(CN)oc2c(Cl)cc(Br)cc12. The van der Waals surface area contributed by atoms with Crippen molar-refractivity contribution >= 4 is 38.5 Å². The average molecular weight is 317 g/mol. The number of fused-ring (bicyclic) bond motifs is 1. The van der Waals surface area contributed by atoms with Crippen LogP contribution in [0, 0.1) is 0 Å². The Labute approximate surface area is 114 Å². The molecule has 0 bridgehead atoms. The maximum atomic E-state index is 6.19. The number of furan rings is 1. The smallest absolute Gasteiger partial charge is 0.153 e. The van der Waals surface area contributed by atoms with E-state index in [2.05, 4.69) is 36.7 Å². The molecule has 2 rings (SSSR count). The highest BCUT2D eigenvalue weighted by atomic mass is 79.9. The highest BCUT2D eigenvalue weighted by molar-refractivity contribution is 9.10. The zero-order chi connectivity index (χ0) is 12.8. The summed E-state index contributed by atoms with van der Waals surface area (Å²) < 4.78 is 6.73. The molecular weight excluding hydrogens is 302 g/mol. The number of benzene rings is 1. The van der Waals surface area contributed by atoms with E-state index in [9.17, 15) is 0 Å². The topological polar surface area (TPSA) is 39.2 Å². The van der Waals surface area contributed by atoms with Crippen molar-refractivity contribution in [3.05, 3.63) is 33.0 Å². The number of hydrogen-bond donors (Lipinski definition) is 1. The van der Waals surface area contributed by atoms with Crippen LogP contribution in [0.5, 0.6) is 0 Å².